The van der Waals surface area contributed by atoms with Crippen LogP contribution >= 0.6 is 34.8 Å². The van der Waals surface area contributed by atoms with Crippen molar-refractivity contribution in [2.75, 3.05) is 18.4 Å². The highest BCUT2D eigenvalue weighted by atomic mass is 35.5. The van der Waals surface area contributed by atoms with Crippen molar-refractivity contribution < 1.29 is 28.3 Å². The monoisotopic (exact) mass is 557 g/mol. The van der Waals surface area contributed by atoms with Crippen molar-refractivity contribution in [2.24, 2.45) is 11.8 Å². The molecule has 5 rings (SSSR count). The highest BCUT2D eigenvalue weighted by Gasteiger charge is 2.74. The molecule has 0 radical (unpaired) electrons. The van der Waals surface area contributed by atoms with Gasteiger partial charge in [-0.15, -0.1) is 0 Å². The van der Waals surface area contributed by atoms with Crippen LogP contribution in [-0.4, -0.2) is 52.8 Å². The number of nitrogens with one attached hydrogen (secondary N) is 2. The number of hydrogen-bond acceptors (Lipinski definition) is 4. The number of anilines is 1. The summed E-state index contributed by atoms with van der Waals surface area (Å²) >= 11 is 18.3. The number of halogens is 5. The van der Waals surface area contributed by atoms with E-state index in [1.807, 2.05) is 0 Å². The van der Waals surface area contributed by atoms with E-state index in [4.69, 9.17) is 34.8 Å². The first-order valence-corrected chi connectivity index (χ1v) is 12.3. The Bertz CT molecular complexity index is 1280. The summed E-state index contributed by atoms with van der Waals surface area (Å²) in [5, 5.41) is 16.3. The molecule has 2 aromatic rings. The van der Waals surface area contributed by atoms with E-state index in [2.05, 4.69) is 10.6 Å². The second-order valence-electron chi connectivity index (χ2n) is 9.30. The van der Waals surface area contributed by atoms with Crippen molar-refractivity contribution in [3.05, 3.63) is 62.6 Å². The fourth-order valence-corrected chi connectivity index (χ4v) is 6.57. The number of hydrogen-bond donors (Lipinski definition) is 3. The SMILES string of the molecule is O=C(NCCc1ccc(Cl)cc1)C1C2CC(F)(F)CN2C2(C(=O)Nc3c(Cl)cc(Cl)cc32)C1C(=O)O. The Hall–Kier alpha value is -2.46. The third-order valence-corrected chi connectivity index (χ3v) is 8.00. The molecule has 4 unspecified atom stereocenters. The van der Waals surface area contributed by atoms with Gasteiger partial charge < -0.3 is 15.7 Å². The zero-order chi connectivity index (χ0) is 26.0. The molecule has 2 aromatic carbocycles. The van der Waals surface area contributed by atoms with Crippen molar-refractivity contribution in [3.63, 3.8) is 0 Å². The number of rotatable bonds is 5. The molecular weight excluding hydrogens is 539 g/mol. The summed E-state index contributed by atoms with van der Waals surface area (Å²) in [6, 6.07) is 8.49. The van der Waals surface area contributed by atoms with Gasteiger partial charge in [0.2, 0.25) is 5.91 Å². The molecule has 0 aromatic heterocycles. The third kappa shape index (κ3) is 3.84. The molecule has 3 aliphatic heterocycles. The van der Waals surface area contributed by atoms with Gasteiger partial charge in [-0.2, -0.15) is 0 Å². The standard InChI is InChI=1S/C24H20Cl3F2N3O4/c25-12-3-1-11(2-4-12)5-6-30-20(33)17-16-9-23(28,29)10-32(16)24(18(17)21(34)35)14-7-13(26)8-15(27)19(14)31-22(24)36/h1-4,7-8,16-18H,5-6,9-10H2,(H,30,33)(H,31,36)(H,34,35). The summed E-state index contributed by atoms with van der Waals surface area (Å²) in [6.07, 6.45) is -0.345. The molecule has 0 bridgehead atoms. The average molecular weight is 559 g/mol. The van der Waals surface area contributed by atoms with Crippen LogP contribution in [0.5, 0.6) is 0 Å². The van der Waals surface area contributed by atoms with Gasteiger partial charge in [-0.25, -0.2) is 8.78 Å². The number of carboxylic acid groups (broad SMARTS) is 1. The van der Waals surface area contributed by atoms with Crippen LogP contribution in [0, 0.1) is 11.8 Å². The maximum atomic E-state index is 14.7. The van der Waals surface area contributed by atoms with Gasteiger partial charge in [-0.3, -0.25) is 19.3 Å². The molecule has 0 saturated carbocycles. The van der Waals surface area contributed by atoms with Gasteiger partial charge in [0.25, 0.3) is 11.8 Å². The summed E-state index contributed by atoms with van der Waals surface area (Å²) in [5.74, 6) is -9.29. The number of carbonyl (C=O) groups is 3. The van der Waals surface area contributed by atoms with Crippen LogP contribution in [0.25, 0.3) is 0 Å². The van der Waals surface area contributed by atoms with Gasteiger partial charge in [0, 0.05) is 34.6 Å². The van der Waals surface area contributed by atoms with Crippen molar-refractivity contribution in [3.8, 4) is 0 Å². The van der Waals surface area contributed by atoms with E-state index in [0.29, 0.717) is 11.4 Å². The highest BCUT2D eigenvalue weighted by molar-refractivity contribution is 6.38. The number of benzene rings is 2. The van der Waals surface area contributed by atoms with E-state index < -0.39 is 60.1 Å². The van der Waals surface area contributed by atoms with Crippen LogP contribution in [0.4, 0.5) is 14.5 Å². The quantitative estimate of drug-likeness (QED) is 0.511. The summed E-state index contributed by atoms with van der Waals surface area (Å²) in [5.41, 5.74) is -1.01. The Balaban J connectivity index is 1.54. The van der Waals surface area contributed by atoms with Gasteiger partial charge in [0.15, 0.2) is 0 Å². The molecule has 2 fully saturated rings. The minimum absolute atomic E-state index is 0.0465. The van der Waals surface area contributed by atoms with Crippen LogP contribution in [0.3, 0.4) is 0 Å². The van der Waals surface area contributed by atoms with Crippen molar-refractivity contribution >= 4 is 58.3 Å². The zero-order valence-electron chi connectivity index (χ0n) is 18.5. The molecule has 0 aliphatic carbocycles. The fourth-order valence-electron chi connectivity index (χ4n) is 5.90. The third-order valence-electron chi connectivity index (χ3n) is 7.23. The summed E-state index contributed by atoms with van der Waals surface area (Å²) in [4.78, 5) is 40.7. The number of carbonyl (C=O) groups excluding carboxylic acids is 2. The van der Waals surface area contributed by atoms with Crippen molar-refractivity contribution in [2.45, 2.75) is 30.3 Å². The molecule has 7 nitrogen and oxygen atoms in total. The Morgan fingerprint density at radius 2 is 1.83 bits per heavy atom. The normalized spacial score (nSPS) is 28.1. The Morgan fingerprint density at radius 1 is 1.14 bits per heavy atom. The lowest BCUT2D eigenvalue weighted by molar-refractivity contribution is -0.153. The van der Waals surface area contributed by atoms with E-state index in [-0.39, 0.29) is 27.8 Å². The first-order chi connectivity index (χ1) is 17.0. The van der Waals surface area contributed by atoms with Crippen LogP contribution in [0.15, 0.2) is 36.4 Å². The lowest BCUT2D eigenvalue weighted by atomic mass is 9.73. The van der Waals surface area contributed by atoms with Crippen molar-refractivity contribution in [1.82, 2.24) is 10.2 Å². The van der Waals surface area contributed by atoms with E-state index in [0.717, 1.165) is 10.5 Å². The maximum absolute atomic E-state index is 14.7. The minimum Gasteiger partial charge on any atom is -0.481 e. The van der Waals surface area contributed by atoms with Crippen LogP contribution in [0.2, 0.25) is 15.1 Å². The van der Waals surface area contributed by atoms with Gasteiger partial charge in [0.05, 0.1) is 23.2 Å². The Labute approximate surface area is 219 Å². The first-order valence-electron chi connectivity index (χ1n) is 11.2. The molecule has 12 heteroatoms. The predicted molar refractivity (Wildman–Crippen MR) is 130 cm³/mol. The average Bonchev–Trinajstić information content (AvgIpc) is 3.36. The van der Waals surface area contributed by atoms with Gasteiger partial charge in [0.1, 0.15) is 11.5 Å². The second-order valence-corrected chi connectivity index (χ2v) is 10.6. The molecule has 3 heterocycles. The Morgan fingerprint density at radius 3 is 2.50 bits per heavy atom. The first kappa shape index (κ1) is 25.2. The fraction of sp³-hybridized carbons (Fsp3) is 0.375. The number of amides is 2. The summed E-state index contributed by atoms with van der Waals surface area (Å²) < 4.78 is 29.4. The molecule has 4 atom stereocenters. The minimum atomic E-state index is -3.23. The number of fused-ring (bicyclic) bond motifs is 4. The molecule has 3 N–H and O–H groups in total. The molecule has 190 valence electrons. The van der Waals surface area contributed by atoms with Gasteiger partial charge >= 0.3 is 5.97 Å². The smallest absolute Gasteiger partial charge is 0.310 e. The lowest BCUT2D eigenvalue weighted by Crippen LogP contribution is -2.54. The van der Waals surface area contributed by atoms with E-state index in [1.54, 1.807) is 24.3 Å². The number of nitrogens with zero attached hydrogens (tertiary/aromatic N) is 1. The van der Waals surface area contributed by atoms with Crippen LogP contribution < -0.4 is 10.6 Å². The van der Waals surface area contributed by atoms with Crippen LogP contribution in [-0.2, 0) is 26.3 Å². The number of carboxylic acids is 1. The summed E-state index contributed by atoms with van der Waals surface area (Å²) in [6.45, 7) is -0.743. The molecule has 3 aliphatic rings. The molecule has 2 amide bonds. The number of aliphatic carboxylic acids is 1. The number of alkyl halides is 2. The topological polar surface area (TPSA) is 98.7 Å². The van der Waals surface area contributed by atoms with E-state index >= 15 is 0 Å². The predicted octanol–water partition coefficient (Wildman–Crippen LogP) is 4.19. The Kier molecular flexibility index (Phi) is 6.18. The molecule has 36 heavy (non-hydrogen) atoms. The van der Waals surface area contributed by atoms with Gasteiger partial charge in [-0.1, -0.05) is 46.9 Å². The second kappa shape index (κ2) is 8.83. The molecule has 2 saturated heterocycles. The molecular formula is C24H20Cl3F2N3O4. The van der Waals surface area contributed by atoms with E-state index in [1.165, 1.54) is 12.1 Å². The maximum Gasteiger partial charge on any atom is 0.310 e. The van der Waals surface area contributed by atoms with Crippen LogP contribution in [0.1, 0.15) is 17.5 Å². The van der Waals surface area contributed by atoms with Crippen molar-refractivity contribution in [1.29, 1.82) is 0 Å². The highest BCUT2D eigenvalue weighted by Crippen LogP contribution is 2.60. The zero-order valence-corrected chi connectivity index (χ0v) is 20.8. The molecule has 1 spiro atoms. The summed E-state index contributed by atoms with van der Waals surface area (Å²) in [7, 11) is 0. The lowest BCUT2D eigenvalue weighted by Gasteiger charge is -2.35. The van der Waals surface area contributed by atoms with Gasteiger partial charge in [-0.05, 0) is 36.2 Å². The van der Waals surface area contributed by atoms with E-state index in [9.17, 15) is 28.3 Å². The largest absolute Gasteiger partial charge is 0.481 e.